The standard InChI is InChI=1S/C21H24BrN5O4/c1-23-20(28)12-6-5-7-13(8-12)25-19-15(22)11-24-21(27-19)26-14-9-16(29-2)18(31-4)17(10-14)30-3/h5-9,11,17H,10H2,1-4H3,(H,23,28)(H2,24,25,26,27). The van der Waals surface area contributed by atoms with E-state index in [0.29, 0.717) is 39.7 Å². The van der Waals surface area contributed by atoms with E-state index >= 15 is 0 Å². The third-order valence-corrected chi connectivity index (χ3v) is 5.18. The number of methoxy groups -OCH3 is 3. The molecule has 1 aromatic carbocycles. The van der Waals surface area contributed by atoms with Crippen LogP contribution < -0.4 is 16.0 Å². The highest BCUT2D eigenvalue weighted by Crippen LogP contribution is 2.29. The number of nitrogens with one attached hydrogen (secondary N) is 3. The molecular formula is C21H24BrN5O4. The van der Waals surface area contributed by atoms with Crippen LogP contribution in [0.1, 0.15) is 16.8 Å². The monoisotopic (exact) mass is 489 g/mol. The Kier molecular flexibility index (Phi) is 7.48. The Hall–Kier alpha value is -3.11. The average molecular weight is 490 g/mol. The van der Waals surface area contributed by atoms with Gasteiger partial charge in [-0.1, -0.05) is 6.07 Å². The van der Waals surface area contributed by atoms with Crippen LogP contribution in [-0.4, -0.2) is 50.4 Å². The first-order valence-corrected chi connectivity index (χ1v) is 10.2. The number of amides is 1. The van der Waals surface area contributed by atoms with Crippen LogP contribution in [0.25, 0.3) is 0 Å². The molecule has 9 nitrogen and oxygen atoms in total. The molecule has 1 aliphatic rings. The molecule has 0 spiro atoms. The molecule has 2 aromatic rings. The van der Waals surface area contributed by atoms with Crippen molar-refractivity contribution in [1.29, 1.82) is 0 Å². The minimum absolute atomic E-state index is 0.165. The van der Waals surface area contributed by atoms with Crippen molar-refractivity contribution >= 4 is 39.3 Å². The highest BCUT2D eigenvalue weighted by molar-refractivity contribution is 9.10. The fraction of sp³-hybridized carbons (Fsp3) is 0.286. The minimum atomic E-state index is -0.284. The molecule has 0 radical (unpaired) electrons. The van der Waals surface area contributed by atoms with Gasteiger partial charge in [0, 0.05) is 49.8 Å². The summed E-state index contributed by atoms with van der Waals surface area (Å²) in [4.78, 5) is 20.8. The first-order chi connectivity index (χ1) is 15.0. The number of allylic oxidation sites excluding steroid dienone is 1. The summed E-state index contributed by atoms with van der Waals surface area (Å²) in [6.45, 7) is 0. The number of carbonyl (C=O) groups is 1. The number of hydrogen-bond acceptors (Lipinski definition) is 8. The summed E-state index contributed by atoms with van der Waals surface area (Å²) in [6.07, 6.45) is 3.74. The molecule has 1 heterocycles. The molecule has 1 aliphatic carbocycles. The van der Waals surface area contributed by atoms with E-state index in [9.17, 15) is 4.79 Å². The van der Waals surface area contributed by atoms with Crippen molar-refractivity contribution < 1.29 is 19.0 Å². The predicted octanol–water partition coefficient (Wildman–Crippen LogP) is 3.56. The molecule has 1 aromatic heterocycles. The third kappa shape index (κ3) is 5.33. The number of benzene rings is 1. The zero-order valence-corrected chi connectivity index (χ0v) is 19.2. The van der Waals surface area contributed by atoms with Crippen molar-refractivity contribution in [3.63, 3.8) is 0 Å². The predicted molar refractivity (Wildman–Crippen MR) is 121 cm³/mol. The molecule has 10 heteroatoms. The largest absolute Gasteiger partial charge is 0.494 e. The SMILES string of the molecule is CNC(=O)c1cccc(Nc2nc(NC3=CC(OC)=C(OC)C(OC)C3)ncc2Br)c1. The summed E-state index contributed by atoms with van der Waals surface area (Å²) in [6, 6.07) is 7.13. The lowest BCUT2D eigenvalue weighted by Crippen LogP contribution is -2.24. The van der Waals surface area contributed by atoms with Crippen LogP contribution in [0.2, 0.25) is 0 Å². The van der Waals surface area contributed by atoms with Gasteiger partial charge in [0.1, 0.15) is 11.9 Å². The van der Waals surface area contributed by atoms with Crippen molar-refractivity contribution in [3.8, 4) is 0 Å². The van der Waals surface area contributed by atoms with Gasteiger partial charge in [0.25, 0.3) is 5.91 Å². The summed E-state index contributed by atoms with van der Waals surface area (Å²) in [5.74, 6) is 1.98. The highest BCUT2D eigenvalue weighted by atomic mass is 79.9. The average Bonchev–Trinajstić information content (AvgIpc) is 2.80. The van der Waals surface area contributed by atoms with Crippen molar-refractivity contribution in [3.05, 3.63) is 63.8 Å². The van der Waals surface area contributed by atoms with Crippen molar-refractivity contribution in [2.75, 3.05) is 39.0 Å². The maximum absolute atomic E-state index is 11.9. The number of aromatic nitrogens is 2. The maximum atomic E-state index is 11.9. The van der Waals surface area contributed by atoms with Crippen LogP contribution in [0.15, 0.2) is 58.2 Å². The van der Waals surface area contributed by atoms with Crippen molar-refractivity contribution in [2.45, 2.75) is 12.5 Å². The fourth-order valence-electron chi connectivity index (χ4n) is 3.09. The number of anilines is 3. The van der Waals surface area contributed by atoms with E-state index in [2.05, 4.69) is 41.8 Å². The molecule has 3 N–H and O–H groups in total. The Morgan fingerprint density at radius 3 is 2.68 bits per heavy atom. The van der Waals surface area contributed by atoms with Crippen LogP contribution >= 0.6 is 15.9 Å². The molecule has 3 rings (SSSR count). The minimum Gasteiger partial charge on any atom is -0.494 e. The second-order valence-corrected chi connectivity index (χ2v) is 7.39. The first kappa shape index (κ1) is 22.6. The topological polar surface area (TPSA) is 107 Å². The lowest BCUT2D eigenvalue weighted by Gasteiger charge is -2.25. The van der Waals surface area contributed by atoms with Gasteiger partial charge in [0.05, 0.1) is 18.7 Å². The zero-order chi connectivity index (χ0) is 22.4. The normalized spacial score (nSPS) is 15.8. The smallest absolute Gasteiger partial charge is 0.251 e. The molecule has 0 saturated carbocycles. The zero-order valence-electron chi connectivity index (χ0n) is 17.7. The molecule has 0 aliphatic heterocycles. The molecular weight excluding hydrogens is 466 g/mol. The van der Waals surface area contributed by atoms with E-state index in [4.69, 9.17) is 14.2 Å². The van der Waals surface area contributed by atoms with E-state index in [1.165, 1.54) is 0 Å². The van der Waals surface area contributed by atoms with Crippen LogP contribution in [0.5, 0.6) is 0 Å². The molecule has 31 heavy (non-hydrogen) atoms. The van der Waals surface area contributed by atoms with E-state index < -0.39 is 0 Å². The quantitative estimate of drug-likeness (QED) is 0.516. The lowest BCUT2D eigenvalue weighted by molar-refractivity contribution is 0.0654. The Bertz CT molecular complexity index is 1020. The second-order valence-electron chi connectivity index (χ2n) is 6.53. The molecule has 0 saturated heterocycles. The van der Waals surface area contributed by atoms with E-state index in [-0.39, 0.29) is 12.0 Å². The Morgan fingerprint density at radius 1 is 1.19 bits per heavy atom. The number of hydrogen-bond donors (Lipinski definition) is 3. The van der Waals surface area contributed by atoms with Gasteiger partial charge in [0.15, 0.2) is 11.5 Å². The highest BCUT2D eigenvalue weighted by Gasteiger charge is 2.26. The van der Waals surface area contributed by atoms with Crippen LogP contribution in [0.3, 0.4) is 0 Å². The van der Waals surface area contributed by atoms with Gasteiger partial charge < -0.3 is 30.2 Å². The van der Waals surface area contributed by atoms with Crippen molar-refractivity contribution in [1.82, 2.24) is 15.3 Å². The number of carbonyl (C=O) groups excluding carboxylic acids is 1. The summed E-state index contributed by atoms with van der Waals surface area (Å²) in [7, 11) is 6.37. The maximum Gasteiger partial charge on any atom is 0.251 e. The first-order valence-electron chi connectivity index (χ1n) is 9.43. The van der Waals surface area contributed by atoms with Gasteiger partial charge >= 0.3 is 0 Å². The van der Waals surface area contributed by atoms with Crippen LogP contribution in [-0.2, 0) is 14.2 Å². The number of rotatable bonds is 8. The van der Waals surface area contributed by atoms with Crippen LogP contribution in [0.4, 0.5) is 17.5 Å². The Labute approximate surface area is 189 Å². The summed E-state index contributed by atoms with van der Waals surface area (Å²) in [5, 5.41) is 9.03. The number of nitrogens with zero attached hydrogens (tertiary/aromatic N) is 2. The van der Waals surface area contributed by atoms with Gasteiger partial charge in [-0.05, 0) is 34.1 Å². The van der Waals surface area contributed by atoms with E-state index in [1.54, 1.807) is 52.8 Å². The summed E-state index contributed by atoms with van der Waals surface area (Å²) < 4.78 is 17.0. The third-order valence-electron chi connectivity index (χ3n) is 4.60. The molecule has 1 unspecified atom stereocenters. The van der Waals surface area contributed by atoms with Crippen molar-refractivity contribution in [2.24, 2.45) is 0 Å². The van der Waals surface area contributed by atoms with E-state index in [1.807, 2.05) is 12.1 Å². The molecule has 0 bridgehead atoms. The van der Waals surface area contributed by atoms with Gasteiger partial charge in [0.2, 0.25) is 5.95 Å². The lowest BCUT2D eigenvalue weighted by atomic mass is 10.0. The fourth-order valence-corrected chi connectivity index (χ4v) is 3.38. The molecule has 1 amide bonds. The Balaban J connectivity index is 1.83. The number of ether oxygens (including phenoxy) is 3. The molecule has 0 fully saturated rings. The second kappa shape index (κ2) is 10.3. The molecule has 164 valence electrons. The van der Waals surface area contributed by atoms with Gasteiger partial charge in [-0.2, -0.15) is 4.98 Å². The molecule has 1 atom stereocenters. The Morgan fingerprint density at radius 2 is 2.00 bits per heavy atom. The number of halogens is 1. The van der Waals surface area contributed by atoms with Gasteiger partial charge in [-0.25, -0.2) is 4.98 Å². The summed E-state index contributed by atoms with van der Waals surface area (Å²) >= 11 is 3.46. The van der Waals surface area contributed by atoms with Gasteiger partial charge in [-0.3, -0.25) is 4.79 Å². The van der Waals surface area contributed by atoms with Gasteiger partial charge in [-0.15, -0.1) is 0 Å². The van der Waals surface area contributed by atoms with Crippen LogP contribution in [0, 0.1) is 0 Å². The summed E-state index contributed by atoms with van der Waals surface area (Å²) in [5.41, 5.74) is 2.08. The van der Waals surface area contributed by atoms with E-state index in [0.717, 1.165) is 11.4 Å².